The van der Waals surface area contributed by atoms with E-state index in [1.165, 1.54) is 11.3 Å². The molecule has 1 amide bonds. The maximum absolute atomic E-state index is 12.6. The van der Waals surface area contributed by atoms with Crippen LogP contribution in [0.5, 0.6) is 0 Å². The summed E-state index contributed by atoms with van der Waals surface area (Å²) >= 11 is 1.48. The Morgan fingerprint density at radius 2 is 1.85 bits per heavy atom. The van der Waals surface area contributed by atoms with Crippen LogP contribution < -0.4 is 5.32 Å². The lowest BCUT2D eigenvalue weighted by atomic mass is 10.2. The Bertz CT molecular complexity index is 925. The van der Waals surface area contributed by atoms with Gasteiger partial charge in [0.2, 0.25) is 0 Å². The Morgan fingerprint density at radius 3 is 2.46 bits per heavy atom. The van der Waals surface area contributed by atoms with E-state index in [-0.39, 0.29) is 5.91 Å². The zero-order valence-electron chi connectivity index (χ0n) is 15.8. The number of benzene rings is 1. The van der Waals surface area contributed by atoms with E-state index in [4.69, 9.17) is 0 Å². The number of carbonyl (C=O) groups is 1. The third-order valence-corrected chi connectivity index (χ3v) is 5.84. The summed E-state index contributed by atoms with van der Waals surface area (Å²) in [5.41, 5.74) is 4.83. The number of hydrogen-bond donors (Lipinski definition) is 1. The van der Waals surface area contributed by atoms with E-state index in [0.29, 0.717) is 17.3 Å². The van der Waals surface area contributed by atoms with E-state index >= 15 is 0 Å². The molecule has 0 radical (unpaired) electrons. The van der Waals surface area contributed by atoms with Crippen molar-refractivity contribution in [1.82, 2.24) is 20.1 Å². The highest BCUT2D eigenvalue weighted by molar-refractivity contribution is 7.13. The average molecular weight is 369 g/mol. The molecule has 0 saturated carbocycles. The van der Waals surface area contributed by atoms with Crippen molar-refractivity contribution in [2.24, 2.45) is 0 Å². The van der Waals surface area contributed by atoms with Gasteiger partial charge in [-0.25, -0.2) is 9.67 Å². The van der Waals surface area contributed by atoms with E-state index in [0.717, 1.165) is 33.3 Å². The van der Waals surface area contributed by atoms with E-state index < -0.39 is 0 Å². The second-order valence-electron chi connectivity index (χ2n) is 6.70. The molecule has 0 fully saturated rings. The molecule has 0 aliphatic carbocycles. The van der Waals surface area contributed by atoms with E-state index in [9.17, 15) is 4.79 Å². The van der Waals surface area contributed by atoms with Gasteiger partial charge in [0.1, 0.15) is 4.88 Å². The summed E-state index contributed by atoms with van der Waals surface area (Å²) in [5, 5.41) is 8.66. The number of nitrogens with one attached hydrogen (secondary N) is 1. The number of amides is 1. The van der Waals surface area contributed by atoms with Gasteiger partial charge in [-0.15, -0.1) is 11.3 Å². The third-order valence-electron chi connectivity index (χ3n) is 4.38. The molecule has 26 heavy (non-hydrogen) atoms. The van der Waals surface area contributed by atoms with Crippen LogP contribution >= 0.6 is 11.3 Å². The number of thiazole rings is 1. The fraction of sp³-hybridized carbons (Fsp3) is 0.350. The van der Waals surface area contributed by atoms with Crippen LogP contribution in [0.1, 0.15) is 57.1 Å². The fourth-order valence-corrected chi connectivity index (χ4v) is 3.86. The normalized spacial score (nSPS) is 11.2. The van der Waals surface area contributed by atoms with Crippen molar-refractivity contribution in [3.63, 3.8) is 0 Å². The molecule has 0 bridgehead atoms. The fourth-order valence-electron chi connectivity index (χ4n) is 2.88. The number of para-hydroxylation sites is 1. The summed E-state index contributed by atoms with van der Waals surface area (Å²) in [6, 6.07) is 10.0. The van der Waals surface area contributed by atoms with Gasteiger partial charge >= 0.3 is 0 Å². The number of carbonyl (C=O) groups excluding carboxylic acids is 1. The molecule has 0 atom stereocenters. The van der Waals surface area contributed by atoms with Crippen LogP contribution in [-0.4, -0.2) is 20.7 Å². The minimum absolute atomic E-state index is 0.0711. The minimum Gasteiger partial charge on any atom is -0.347 e. The first-order valence-electron chi connectivity index (χ1n) is 8.74. The molecule has 0 unspecified atom stereocenters. The molecule has 3 rings (SSSR count). The summed E-state index contributed by atoms with van der Waals surface area (Å²) in [6.45, 7) is 10.5. The first-order valence-corrected chi connectivity index (χ1v) is 9.56. The van der Waals surface area contributed by atoms with Gasteiger partial charge in [-0.1, -0.05) is 32.0 Å². The first kappa shape index (κ1) is 18.3. The molecule has 0 aliphatic heterocycles. The Kier molecular flexibility index (Phi) is 5.23. The smallest absolute Gasteiger partial charge is 0.263 e. The summed E-state index contributed by atoms with van der Waals surface area (Å²) in [6.07, 6.45) is 0. The molecule has 3 aromatic rings. The topological polar surface area (TPSA) is 59.8 Å². The number of aryl methyl sites for hydroxylation is 2. The van der Waals surface area contributed by atoms with Crippen LogP contribution in [0.15, 0.2) is 30.3 Å². The molecular formula is C20H24N4OS. The van der Waals surface area contributed by atoms with Crippen LogP contribution in [0.3, 0.4) is 0 Å². The third kappa shape index (κ3) is 3.55. The maximum Gasteiger partial charge on any atom is 0.263 e. The van der Waals surface area contributed by atoms with Crippen molar-refractivity contribution in [3.8, 4) is 5.69 Å². The second-order valence-corrected chi connectivity index (χ2v) is 7.73. The van der Waals surface area contributed by atoms with Crippen molar-refractivity contribution >= 4 is 17.2 Å². The summed E-state index contributed by atoms with van der Waals surface area (Å²) in [5.74, 6) is 0.256. The minimum atomic E-state index is -0.0711. The van der Waals surface area contributed by atoms with Gasteiger partial charge in [-0.2, -0.15) is 5.10 Å². The molecule has 0 saturated heterocycles. The number of hydrogen-bond acceptors (Lipinski definition) is 4. The highest BCUT2D eigenvalue weighted by Gasteiger charge is 2.18. The molecule has 5 nitrogen and oxygen atoms in total. The Balaban J connectivity index is 1.78. The number of rotatable bonds is 5. The molecule has 6 heteroatoms. The molecule has 1 aromatic carbocycles. The summed E-state index contributed by atoms with van der Waals surface area (Å²) in [4.78, 5) is 17.8. The Morgan fingerprint density at radius 1 is 1.15 bits per heavy atom. The van der Waals surface area contributed by atoms with Gasteiger partial charge < -0.3 is 5.32 Å². The Labute approximate surface area is 158 Å². The molecule has 0 aliphatic rings. The van der Waals surface area contributed by atoms with Gasteiger partial charge in [0.05, 0.1) is 22.1 Å². The van der Waals surface area contributed by atoms with Crippen molar-refractivity contribution in [2.45, 2.75) is 47.1 Å². The predicted octanol–water partition coefficient (Wildman–Crippen LogP) is 4.31. The zero-order valence-corrected chi connectivity index (χ0v) is 16.6. The lowest BCUT2D eigenvalue weighted by Crippen LogP contribution is -2.23. The van der Waals surface area contributed by atoms with Crippen molar-refractivity contribution < 1.29 is 4.79 Å². The van der Waals surface area contributed by atoms with Crippen LogP contribution in [0.4, 0.5) is 0 Å². The summed E-state index contributed by atoms with van der Waals surface area (Å²) < 4.78 is 1.92. The SMILES string of the molecule is Cc1nc(C(C)C)sc1C(=O)NCc1c(C)nn(-c2ccccc2)c1C. The highest BCUT2D eigenvalue weighted by Crippen LogP contribution is 2.25. The lowest BCUT2D eigenvalue weighted by Gasteiger charge is -2.07. The second kappa shape index (κ2) is 7.41. The lowest BCUT2D eigenvalue weighted by molar-refractivity contribution is 0.0954. The molecule has 0 spiro atoms. The van der Waals surface area contributed by atoms with Crippen LogP contribution in [-0.2, 0) is 6.54 Å². The van der Waals surface area contributed by atoms with E-state index in [2.05, 4.69) is 29.2 Å². The van der Waals surface area contributed by atoms with Gasteiger partial charge in [0, 0.05) is 23.7 Å². The maximum atomic E-state index is 12.6. The first-order chi connectivity index (χ1) is 12.4. The van der Waals surface area contributed by atoms with Crippen molar-refractivity contribution in [2.75, 3.05) is 0 Å². The molecule has 136 valence electrons. The highest BCUT2D eigenvalue weighted by atomic mass is 32.1. The molecule has 2 heterocycles. The quantitative estimate of drug-likeness (QED) is 0.730. The van der Waals surface area contributed by atoms with E-state index in [1.807, 2.05) is 55.8 Å². The molecule has 1 N–H and O–H groups in total. The van der Waals surface area contributed by atoms with Crippen molar-refractivity contribution in [1.29, 1.82) is 0 Å². The number of aromatic nitrogens is 3. The van der Waals surface area contributed by atoms with Crippen molar-refractivity contribution in [3.05, 3.63) is 62.9 Å². The van der Waals surface area contributed by atoms with Gasteiger partial charge in [0.25, 0.3) is 5.91 Å². The predicted molar refractivity (Wildman–Crippen MR) is 105 cm³/mol. The van der Waals surface area contributed by atoms with Gasteiger partial charge in [-0.05, 0) is 32.9 Å². The van der Waals surface area contributed by atoms with Gasteiger partial charge in [0.15, 0.2) is 0 Å². The monoisotopic (exact) mass is 368 g/mol. The molecular weight excluding hydrogens is 344 g/mol. The standard InChI is InChI=1S/C20H24N4OS/c1-12(2)20-22-14(4)18(26-20)19(25)21-11-17-13(3)23-24(15(17)5)16-9-7-6-8-10-16/h6-10,12H,11H2,1-5H3,(H,21,25). The number of nitrogens with zero attached hydrogens (tertiary/aromatic N) is 3. The zero-order chi connectivity index (χ0) is 18.8. The summed E-state index contributed by atoms with van der Waals surface area (Å²) in [7, 11) is 0. The van der Waals surface area contributed by atoms with E-state index in [1.54, 1.807) is 0 Å². The largest absolute Gasteiger partial charge is 0.347 e. The van der Waals surface area contributed by atoms with Gasteiger partial charge in [-0.3, -0.25) is 4.79 Å². The average Bonchev–Trinajstić information content (AvgIpc) is 3.14. The Hall–Kier alpha value is -2.47. The van der Waals surface area contributed by atoms with Crippen LogP contribution in [0, 0.1) is 20.8 Å². The van der Waals surface area contributed by atoms with Crippen LogP contribution in [0.25, 0.3) is 5.69 Å². The van der Waals surface area contributed by atoms with Crippen LogP contribution in [0.2, 0.25) is 0 Å². The molecule has 2 aromatic heterocycles.